The highest BCUT2D eigenvalue weighted by molar-refractivity contribution is 7.80. The van der Waals surface area contributed by atoms with E-state index in [-0.39, 0.29) is 5.82 Å². The lowest BCUT2D eigenvalue weighted by Crippen LogP contribution is -2.29. The number of halogens is 1. The van der Waals surface area contributed by atoms with Crippen molar-refractivity contribution in [1.29, 1.82) is 0 Å². The molecule has 0 aliphatic rings. The van der Waals surface area contributed by atoms with Gasteiger partial charge >= 0.3 is 0 Å². The first-order valence-electron chi connectivity index (χ1n) is 7.00. The zero-order valence-corrected chi connectivity index (χ0v) is 13.3. The van der Waals surface area contributed by atoms with E-state index in [0.29, 0.717) is 16.9 Å². The van der Waals surface area contributed by atoms with Crippen LogP contribution in [0.4, 0.5) is 21.8 Å². The maximum atomic E-state index is 12.9. The Labute approximate surface area is 134 Å². The summed E-state index contributed by atoms with van der Waals surface area (Å²) in [5.41, 5.74) is 1.54. The minimum absolute atomic E-state index is 0.279. The van der Waals surface area contributed by atoms with Gasteiger partial charge in [-0.1, -0.05) is 6.92 Å². The summed E-state index contributed by atoms with van der Waals surface area (Å²) in [6.07, 6.45) is 0.980. The van der Waals surface area contributed by atoms with E-state index >= 15 is 0 Å². The molecule has 22 heavy (non-hydrogen) atoms. The second-order valence-electron chi connectivity index (χ2n) is 4.73. The highest BCUT2D eigenvalue weighted by Gasteiger charge is 2.05. The smallest absolute Gasteiger partial charge is 0.231 e. The molecule has 0 fully saturated rings. The number of aromatic nitrogens is 2. The van der Waals surface area contributed by atoms with Crippen LogP contribution in [-0.2, 0) is 0 Å². The van der Waals surface area contributed by atoms with Crippen LogP contribution in [0.15, 0.2) is 30.3 Å². The predicted octanol–water partition coefficient (Wildman–Crippen LogP) is 3.36. The first-order valence-corrected chi connectivity index (χ1v) is 7.41. The molecule has 116 valence electrons. The van der Waals surface area contributed by atoms with Gasteiger partial charge in [-0.15, -0.1) is 0 Å². The maximum absolute atomic E-state index is 12.9. The van der Waals surface area contributed by atoms with Crippen molar-refractivity contribution >= 4 is 34.8 Å². The monoisotopic (exact) mass is 319 g/mol. The first-order chi connectivity index (χ1) is 10.6. The highest BCUT2D eigenvalue weighted by Crippen LogP contribution is 2.17. The van der Waals surface area contributed by atoms with Gasteiger partial charge in [0.1, 0.15) is 11.6 Å². The number of nitrogens with one attached hydrogen (secondary N) is 3. The number of aryl methyl sites for hydroxylation is 1. The molecule has 0 radical (unpaired) electrons. The molecule has 0 aliphatic carbocycles. The molecular weight excluding hydrogens is 301 g/mol. The van der Waals surface area contributed by atoms with Crippen LogP contribution in [0, 0.1) is 12.7 Å². The van der Waals surface area contributed by atoms with Crippen molar-refractivity contribution in [2.45, 2.75) is 20.3 Å². The lowest BCUT2D eigenvalue weighted by atomic mass is 10.3. The minimum Gasteiger partial charge on any atom is -0.362 e. The Hall–Kier alpha value is -2.28. The number of thiocarbonyl (C=S) groups is 1. The zero-order chi connectivity index (χ0) is 15.9. The summed E-state index contributed by atoms with van der Waals surface area (Å²) in [5, 5.41) is 9.60. The Balaban J connectivity index is 2.09. The summed E-state index contributed by atoms with van der Waals surface area (Å²) in [6.45, 7) is 4.72. The van der Waals surface area contributed by atoms with E-state index < -0.39 is 0 Å². The molecule has 5 nitrogen and oxygen atoms in total. The molecule has 0 bridgehead atoms. The van der Waals surface area contributed by atoms with E-state index in [1.165, 1.54) is 12.1 Å². The van der Waals surface area contributed by atoms with Gasteiger partial charge in [-0.05, 0) is 49.8 Å². The molecule has 0 atom stereocenters. The van der Waals surface area contributed by atoms with Crippen LogP contribution in [0.1, 0.15) is 19.0 Å². The number of benzene rings is 1. The van der Waals surface area contributed by atoms with Gasteiger partial charge in [0.05, 0.1) is 0 Å². The third-order valence-corrected chi connectivity index (χ3v) is 2.98. The van der Waals surface area contributed by atoms with Gasteiger partial charge in [-0.3, -0.25) is 0 Å². The van der Waals surface area contributed by atoms with E-state index in [2.05, 4.69) is 32.8 Å². The molecule has 0 aliphatic heterocycles. The van der Waals surface area contributed by atoms with Crippen LogP contribution in [0.3, 0.4) is 0 Å². The van der Waals surface area contributed by atoms with E-state index in [0.717, 1.165) is 24.3 Å². The van der Waals surface area contributed by atoms with Gasteiger partial charge in [0.15, 0.2) is 5.11 Å². The Morgan fingerprint density at radius 1 is 1.23 bits per heavy atom. The third-order valence-electron chi connectivity index (χ3n) is 2.73. The lowest BCUT2D eigenvalue weighted by molar-refractivity contribution is 0.628. The molecule has 1 aromatic heterocycles. The van der Waals surface area contributed by atoms with Gasteiger partial charge in [0, 0.05) is 24.0 Å². The van der Waals surface area contributed by atoms with Crippen molar-refractivity contribution < 1.29 is 4.39 Å². The average molecular weight is 319 g/mol. The molecule has 2 rings (SSSR count). The molecule has 3 N–H and O–H groups in total. The topological polar surface area (TPSA) is 61.9 Å². The summed E-state index contributed by atoms with van der Waals surface area (Å²) < 4.78 is 12.9. The highest BCUT2D eigenvalue weighted by atomic mass is 32.1. The van der Waals surface area contributed by atoms with Gasteiger partial charge < -0.3 is 16.0 Å². The van der Waals surface area contributed by atoms with Crippen LogP contribution in [0.5, 0.6) is 0 Å². The quantitative estimate of drug-likeness (QED) is 0.735. The fourth-order valence-electron chi connectivity index (χ4n) is 1.75. The Morgan fingerprint density at radius 3 is 2.64 bits per heavy atom. The van der Waals surface area contributed by atoms with Crippen molar-refractivity contribution in [1.82, 2.24) is 15.3 Å². The number of anilines is 3. The molecule has 7 heteroatoms. The van der Waals surface area contributed by atoms with Crippen LogP contribution < -0.4 is 16.0 Å². The molecule has 0 saturated carbocycles. The standard InChI is InChI=1S/C15H18FN5S/c1-3-8-17-15(22)21-14-18-10(2)9-13(20-14)19-12-6-4-11(16)5-7-12/h4-7,9H,3,8H2,1-2H3,(H3,17,18,19,20,21,22). The molecule has 0 unspecified atom stereocenters. The normalized spacial score (nSPS) is 10.1. The van der Waals surface area contributed by atoms with E-state index in [4.69, 9.17) is 12.2 Å². The summed E-state index contributed by atoms with van der Waals surface area (Å²) in [7, 11) is 0. The first kappa shape index (κ1) is 16.1. The number of hydrogen-bond donors (Lipinski definition) is 3. The second-order valence-corrected chi connectivity index (χ2v) is 5.14. The predicted molar refractivity (Wildman–Crippen MR) is 91.0 cm³/mol. The summed E-state index contributed by atoms with van der Waals surface area (Å²) in [6, 6.07) is 7.87. The molecule has 1 heterocycles. The molecule has 1 aromatic carbocycles. The Bertz CT molecular complexity index is 645. The van der Waals surface area contributed by atoms with E-state index in [1.807, 2.05) is 6.92 Å². The summed E-state index contributed by atoms with van der Waals surface area (Å²) in [5.74, 6) is 0.747. The molecule has 2 aromatic rings. The fraction of sp³-hybridized carbons (Fsp3) is 0.267. The second kappa shape index (κ2) is 7.65. The zero-order valence-electron chi connectivity index (χ0n) is 12.5. The van der Waals surface area contributed by atoms with Crippen molar-refractivity contribution in [3.63, 3.8) is 0 Å². The van der Waals surface area contributed by atoms with Crippen LogP contribution in [-0.4, -0.2) is 21.6 Å². The van der Waals surface area contributed by atoms with E-state index in [9.17, 15) is 4.39 Å². The van der Waals surface area contributed by atoms with Crippen molar-refractivity contribution in [2.75, 3.05) is 17.2 Å². The van der Waals surface area contributed by atoms with Crippen LogP contribution in [0.2, 0.25) is 0 Å². The van der Waals surface area contributed by atoms with Gasteiger partial charge in [-0.2, -0.15) is 4.98 Å². The number of rotatable bonds is 5. The van der Waals surface area contributed by atoms with Crippen molar-refractivity contribution in [3.05, 3.63) is 41.8 Å². The molecular formula is C15H18FN5S. The molecule has 0 spiro atoms. The molecule has 0 saturated heterocycles. The molecule has 0 amide bonds. The lowest BCUT2D eigenvalue weighted by Gasteiger charge is -2.11. The maximum Gasteiger partial charge on any atom is 0.231 e. The summed E-state index contributed by atoms with van der Waals surface area (Å²) in [4.78, 5) is 8.63. The van der Waals surface area contributed by atoms with Gasteiger partial charge in [-0.25, -0.2) is 9.37 Å². The van der Waals surface area contributed by atoms with Crippen molar-refractivity contribution in [3.8, 4) is 0 Å². The van der Waals surface area contributed by atoms with E-state index in [1.54, 1.807) is 18.2 Å². The number of nitrogens with zero attached hydrogens (tertiary/aromatic N) is 2. The van der Waals surface area contributed by atoms with Gasteiger partial charge in [0.2, 0.25) is 5.95 Å². The largest absolute Gasteiger partial charge is 0.362 e. The van der Waals surface area contributed by atoms with Crippen molar-refractivity contribution in [2.24, 2.45) is 0 Å². The van der Waals surface area contributed by atoms with Crippen LogP contribution >= 0.6 is 12.2 Å². The SMILES string of the molecule is CCCNC(=S)Nc1nc(C)cc(Nc2ccc(F)cc2)n1. The minimum atomic E-state index is -0.279. The van der Waals surface area contributed by atoms with Gasteiger partial charge in [0.25, 0.3) is 0 Å². The third kappa shape index (κ3) is 4.92. The number of hydrogen-bond acceptors (Lipinski definition) is 4. The Kier molecular flexibility index (Phi) is 5.60. The van der Waals surface area contributed by atoms with Crippen LogP contribution in [0.25, 0.3) is 0 Å². The summed E-state index contributed by atoms with van der Waals surface area (Å²) >= 11 is 5.17. The average Bonchev–Trinajstić information content (AvgIpc) is 2.47. The Morgan fingerprint density at radius 2 is 1.95 bits per heavy atom. The fourth-order valence-corrected chi connectivity index (χ4v) is 1.95.